The Morgan fingerprint density at radius 3 is 2.00 bits per heavy atom. The molecule has 0 radical (unpaired) electrons. The van der Waals surface area contributed by atoms with Crippen LogP contribution < -0.4 is 0 Å². The predicted octanol–water partition coefficient (Wildman–Crippen LogP) is 2.87. The number of rotatable bonds is 2. The lowest BCUT2D eigenvalue weighted by atomic mass is 10.1. The smallest absolute Gasteiger partial charge is 0.0207 e. The van der Waals surface area contributed by atoms with E-state index < -0.39 is 0 Å². The third kappa shape index (κ3) is 2.96. The van der Waals surface area contributed by atoms with Gasteiger partial charge in [-0.3, -0.25) is 0 Å². The van der Waals surface area contributed by atoms with E-state index in [9.17, 15) is 0 Å². The lowest BCUT2D eigenvalue weighted by molar-refractivity contribution is 0.621. The summed E-state index contributed by atoms with van der Waals surface area (Å²) in [5.41, 5.74) is 0. The Balaban J connectivity index is 2.24. The monoisotopic (exact) mass is 160 g/mol. The second kappa shape index (κ2) is 3.17. The van der Waals surface area contributed by atoms with E-state index in [-0.39, 0.29) is 10.0 Å². The van der Waals surface area contributed by atoms with Gasteiger partial charge in [-0.15, -0.1) is 0 Å². The van der Waals surface area contributed by atoms with Gasteiger partial charge >= 0.3 is 0 Å². The molecule has 1 saturated carbocycles. The molecule has 0 bridgehead atoms. The molecule has 10 heavy (non-hydrogen) atoms. The van der Waals surface area contributed by atoms with E-state index in [0.29, 0.717) is 0 Å². The van der Waals surface area contributed by atoms with Crippen molar-refractivity contribution >= 4 is 10.0 Å². The lowest BCUT2D eigenvalue weighted by Gasteiger charge is -2.28. The maximum absolute atomic E-state index is 2.44. The molecule has 1 aliphatic carbocycles. The van der Waals surface area contributed by atoms with Crippen LogP contribution in [0.5, 0.6) is 0 Å². The summed E-state index contributed by atoms with van der Waals surface area (Å²) in [6.07, 6.45) is 13.3. The second-order valence-corrected chi connectivity index (χ2v) is 8.92. The first-order valence-corrected chi connectivity index (χ1v) is 7.27. The Kier molecular flexibility index (Phi) is 2.67. The highest BCUT2D eigenvalue weighted by Crippen LogP contribution is 2.41. The predicted molar refractivity (Wildman–Crippen MR) is 52.2 cm³/mol. The quantitative estimate of drug-likeness (QED) is 0.582. The molecule has 0 nitrogen and oxygen atoms in total. The van der Waals surface area contributed by atoms with Crippen LogP contribution in [0, 0.1) is 5.92 Å². The lowest BCUT2D eigenvalue weighted by Crippen LogP contribution is -2.07. The fourth-order valence-corrected chi connectivity index (χ4v) is 3.63. The van der Waals surface area contributed by atoms with Crippen LogP contribution in [0.3, 0.4) is 0 Å². The molecule has 62 valence electrons. The average molecular weight is 160 g/mol. The second-order valence-electron chi connectivity index (χ2n) is 4.41. The molecule has 1 rings (SSSR count). The van der Waals surface area contributed by atoms with Crippen molar-refractivity contribution in [1.82, 2.24) is 0 Å². The minimum absolute atomic E-state index is 0.208. The SMILES string of the molecule is CS(C)(C)CC1CCCC1. The fraction of sp³-hybridized carbons (Fsp3) is 1.00. The van der Waals surface area contributed by atoms with Crippen molar-refractivity contribution in [1.29, 1.82) is 0 Å². The Hall–Kier alpha value is 0.350. The summed E-state index contributed by atoms with van der Waals surface area (Å²) in [5, 5.41) is 0. The van der Waals surface area contributed by atoms with Gasteiger partial charge in [0.1, 0.15) is 0 Å². The standard InChI is InChI=1S/C9H20S/c1-10(2,3)8-9-6-4-5-7-9/h9H,4-8H2,1-3H3. The molecular weight excluding hydrogens is 140 g/mol. The van der Waals surface area contributed by atoms with Crippen molar-refractivity contribution in [3.8, 4) is 0 Å². The summed E-state index contributed by atoms with van der Waals surface area (Å²) >= 11 is 0. The van der Waals surface area contributed by atoms with Crippen molar-refractivity contribution in [3.05, 3.63) is 0 Å². The third-order valence-electron chi connectivity index (χ3n) is 2.21. The third-order valence-corrected chi connectivity index (χ3v) is 3.68. The van der Waals surface area contributed by atoms with Crippen molar-refractivity contribution in [3.63, 3.8) is 0 Å². The first-order valence-electron chi connectivity index (χ1n) is 4.24. The molecule has 0 heterocycles. The van der Waals surface area contributed by atoms with Gasteiger partial charge in [-0.25, -0.2) is 10.0 Å². The van der Waals surface area contributed by atoms with E-state index in [0.717, 1.165) is 5.92 Å². The van der Waals surface area contributed by atoms with E-state index in [1.54, 1.807) is 0 Å². The number of hydrogen-bond acceptors (Lipinski definition) is 0. The van der Waals surface area contributed by atoms with Crippen LogP contribution in [0.1, 0.15) is 25.7 Å². The largest absolute Gasteiger partial charge is 0.249 e. The van der Waals surface area contributed by atoms with E-state index in [1.807, 2.05) is 0 Å². The van der Waals surface area contributed by atoms with Gasteiger partial charge in [-0.2, -0.15) is 0 Å². The zero-order chi connectivity index (χ0) is 7.61. The summed E-state index contributed by atoms with van der Waals surface area (Å²) in [6, 6.07) is 0. The Morgan fingerprint density at radius 1 is 1.10 bits per heavy atom. The molecule has 0 aromatic carbocycles. The van der Waals surface area contributed by atoms with Crippen molar-refractivity contribution in [2.75, 3.05) is 24.5 Å². The van der Waals surface area contributed by atoms with Crippen LogP contribution >= 0.6 is 10.0 Å². The van der Waals surface area contributed by atoms with Gasteiger partial charge in [-0.05, 0) is 43.3 Å². The van der Waals surface area contributed by atoms with Crippen LogP contribution in [-0.2, 0) is 0 Å². The zero-order valence-electron chi connectivity index (χ0n) is 7.52. The van der Waals surface area contributed by atoms with Gasteiger partial charge in [0.2, 0.25) is 0 Å². The van der Waals surface area contributed by atoms with E-state index >= 15 is 0 Å². The highest BCUT2D eigenvalue weighted by Gasteiger charge is 2.18. The molecule has 0 aromatic heterocycles. The molecule has 0 unspecified atom stereocenters. The molecule has 0 amide bonds. The Morgan fingerprint density at radius 2 is 1.60 bits per heavy atom. The van der Waals surface area contributed by atoms with Crippen LogP contribution in [0.4, 0.5) is 0 Å². The van der Waals surface area contributed by atoms with Gasteiger partial charge in [0.05, 0.1) is 0 Å². The van der Waals surface area contributed by atoms with Crippen LogP contribution in [0.2, 0.25) is 0 Å². The summed E-state index contributed by atoms with van der Waals surface area (Å²) in [5.74, 6) is 2.61. The van der Waals surface area contributed by atoms with Gasteiger partial charge in [-0.1, -0.05) is 12.8 Å². The topological polar surface area (TPSA) is 0 Å². The molecule has 0 spiro atoms. The van der Waals surface area contributed by atoms with Gasteiger partial charge < -0.3 is 0 Å². The number of hydrogen-bond donors (Lipinski definition) is 0. The van der Waals surface area contributed by atoms with E-state index in [4.69, 9.17) is 0 Å². The van der Waals surface area contributed by atoms with Crippen molar-refractivity contribution in [2.45, 2.75) is 25.7 Å². The first kappa shape index (κ1) is 8.45. The van der Waals surface area contributed by atoms with Crippen LogP contribution in [0.15, 0.2) is 0 Å². The normalized spacial score (nSPS) is 23.5. The fourth-order valence-electron chi connectivity index (χ4n) is 1.88. The molecule has 0 N–H and O–H groups in total. The highest BCUT2D eigenvalue weighted by molar-refractivity contribution is 8.32. The maximum atomic E-state index is 2.44. The molecule has 1 heteroatoms. The summed E-state index contributed by atoms with van der Waals surface area (Å²) < 4.78 is 0. The van der Waals surface area contributed by atoms with E-state index in [1.165, 1.54) is 31.4 Å². The van der Waals surface area contributed by atoms with Crippen LogP contribution in [-0.4, -0.2) is 24.5 Å². The molecule has 0 saturated heterocycles. The van der Waals surface area contributed by atoms with Crippen molar-refractivity contribution < 1.29 is 0 Å². The van der Waals surface area contributed by atoms with Crippen LogP contribution in [0.25, 0.3) is 0 Å². The maximum Gasteiger partial charge on any atom is -0.0207 e. The molecule has 1 fully saturated rings. The minimum Gasteiger partial charge on any atom is -0.249 e. The molecule has 0 aliphatic heterocycles. The first-order chi connectivity index (χ1) is 4.58. The molecule has 1 aliphatic rings. The molecular formula is C9H20S. The zero-order valence-corrected chi connectivity index (χ0v) is 8.34. The summed E-state index contributed by atoms with van der Waals surface area (Å²) in [7, 11) is -0.208. The van der Waals surface area contributed by atoms with Gasteiger partial charge in [0.25, 0.3) is 0 Å². The Bertz CT molecular complexity index is 95.8. The molecule has 0 atom stereocenters. The average Bonchev–Trinajstić information content (AvgIpc) is 2.12. The van der Waals surface area contributed by atoms with E-state index in [2.05, 4.69) is 18.8 Å². The Labute approximate surface area is 66.7 Å². The summed E-state index contributed by atoms with van der Waals surface area (Å²) in [4.78, 5) is 0. The van der Waals surface area contributed by atoms with Gasteiger partial charge in [0.15, 0.2) is 0 Å². The summed E-state index contributed by atoms with van der Waals surface area (Å²) in [6.45, 7) is 0. The van der Waals surface area contributed by atoms with Gasteiger partial charge in [0, 0.05) is 0 Å². The van der Waals surface area contributed by atoms with Crippen molar-refractivity contribution in [2.24, 2.45) is 5.92 Å². The minimum atomic E-state index is -0.208. The highest BCUT2D eigenvalue weighted by atomic mass is 32.3. The molecule has 0 aromatic rings.